The molecule has 220 valence electrons. The lowest BCUT2D eigenvalue weighted by Crippen LogP contribution is -2.53. The molecule has 0 radical (unpaired) electrons. The maximum atomic E-state index is 13.7. The Morgan fingerprint density at radius 3 is 2.63 bits per heavy atom. The number of sulfonamides is 1. The van der Waals surface area contributed by atoms with Gasteiger partial charge in [0.25, 0.3) is 5.91 Å². The van der Waals surface area contributed by atoms with E-state index < -0.39 is 63.1 Å². The third kappa shape index (κ3) is 6.41. The maximum absolute atomic E-state index is 13.7. The van der Waals surface area contributed by atoms with E-state index in [-0.39, 0.29) is 35.7 Å². The quantitative estimate of drug-likeness (QED) is 0.303. The number of aromatic nitrogens is 1. The smallest absolute Gasteiger partial charge is 0.323 e. The second kappa shape index (κ2) is 12.0. The summed E-state index contributed by atoms with van der Waals surface area (Å²) in [6.45, 7) is 6.46. The summed E-state index contributed by atoms with van der Waals surface area (Å²) in [4.78, 5) is 39.7. The molecule has 1 aliphatic rings. The topological polar surface area (TPSA) is 153 Å². The van der Waals surface area contributed by atoms with Gasteiger partial charge in [0.05, 0.1) is 12.6 Å². The second-order valence-corrected chi connectivity index (χ2v) is 12.6. The summed E-state index contributed by atoms with van der Waals surface area (Å²) in [5.74, 6) is -2.34. The first-order valence-electron chi connectivity index (χ1n) is 13.3. The molecule has 3 aromatic rings. The molecule has 3 heterocycles. The highest BCUT2D eigenvalue weighted by Gasteiger charge is 2.40. The number of pyridine rings is 1. The van der Waals surface area contributed by atoms with E-state index in [0.717, 1.165) is 10.5 Å². The predicted molar refractivity (Wildman–Crippen MR) is 147 cm³/mol. The van der Waals surface area contributed by atoms with Crippen LogP contribution < -0.4 is 15.4 Å². The van der Waals surface area contributed by atoms with E-state index in [1.807, 2.05) is 13.8 Å². The van der Waals surface area contributed by atoms with Gasteiger partial charge in [-0.05, 0) is 63.3 Å². The van der Waals surface area contributed by atoms with Gasteiger partial charge in [0.15, 0.2) is 17.7 Å². The highest BCUT2D eigenvalue weighted by molar-refractivity contribution is 7.89. The molecule has 11 nitrogen and oxygen atoms in total. The molecule has 3 atom stereocenters. The number of rotatable bonds is 8. The molecule has 2 aromatic heterocycles. The van der Waals surface area contributed by atoms with Crippen LogP contribution in [0.25, 0.3) is 11.0 Å². The monoisotopic (exact) mass is 588 g/mol. The fourth-order valence-corrected chi connectivity index (χ4v) is 6.60. The Morgan fingerprint density at radius 2 is 1.95 bits per heavy atom. The van der Waals surface area contributed by atoms with Crippen LogP contribution in [0.4, 0.5) is 4.39 Å². The van der Waals surface area contributed by atoms with Crippen LogP contribution in [-0.4, -0.2) is 55.0 Å². The number of nitrogens with one attached hydrogen (secondary N) is 2. The van der Waals surface area contributed by atoms with Crippen LogP contribution in [0.2, 0.25) is 0 Å². The number of nitrogens with zero attached hydrogens (tertiary/aromatic N) is 2. The number of hydrogen-bond acceptors (Lipinski definition) is 7. The van der Waals surface area contributed by atoms with Gasteiger partial charge in [0, 0.05) is 29.1 Å². The van der Waals surface area contributed by atoms with E-state index in [1.165, 1.54) is 36.4 Å². The van der Waals surface area contributed by atoms with Gasteiger partial charge in [-0.2, -0.15) is 9.04 Å². The minimum Gasteiger partial charge on any atom is -0.618 e. The van der Waals surface area contributed by atoms with Crippen LogP contribution >= 0.6 is 0 Å². The number of ketones is 1. The van der Waals surface area contributed by atoms with Crippen LogP contribution in [0.3, 0.4) is 0 Å². The van der Waals surface area contributed by atoms with Crippen molar-refractivity contribution in [2.45, 2.75) is 70.1 Å². The fraction of sp³-hybridized carbons (Fsp3) is 0.429. The first kappa shape index (κ1) is 30.1. The SMILES string of the molecule is Cc1c(C(=O)N[C@@H](CC(C)C)C(=O)N[C@H]2CC[C@@H](C)N(S(=O)(=O)c3cccc[n+]3[O-])CC2=O)oc2ccc(F)cc12. The Labute approximate surface area is 237 Å². The molecule has 2 N–H and O–H groups in total. The number of fused-ring (bicyclic) bond motifs is 1. The van der Waals surface area contributed by atoms with Crippen molar-refractivity contribution in [3.63, 3.8) is 0 Å². The second-order valence-electron chi connectivity index (χ2n) is 10.7. The molecule has 2 amide bonds. The lowest BCUT2D eigenvalue weighted by Gasteiger charge is -2.24. The molecule has 0 bridgehead atoms. The average molecular weight is 589 g/mol. The number of carbonyl (C=O) groups excluding carboxylic acids is 3. The lowest BCUT2D eigenvalue weighted by molar-refractivity contribution is -0.646. The summed E-state index contributed by atoms with van der Waals surface area (Å²) in [5, 5.41) is 17.5. The molecule has 0 aliphatic carbocycles. The van der Waals surface area contributed by atoms with Crippen LogP contribution in [0, 0.1) is 23.9 Å². The van der Waals surface area contributed by atoms with Crippen LogP contribution in [0.15, 0.2) is 52.0 Å². The van der Waals surface area contributed by atoms with Gasteiger partial charge >= 0.3 is 15.0 Å². The third-order valence-electron chi connectivity index (χ3n) is 7.18. The molecular formula is C28H33FN4O7S. The Morgan fingerprint density at radius 1 is 1.22 bits per heavy atom. The fourth-order valence-electron chi connectivity index (χ4n) is 4.95. The third-order valence-corrected chi connectivity index (χ3v) is 9.13. The number of aryl methyl sites for hydroxylation is 1. The van der Waals surface area contributed by atoms with E-state index in [4.69, 9.17) is 4.42 Å². The number of halogens is 1. The largest absolute Gasteiger partial charge is 0.618 e. The molecule has 0 spiro atoms. The van der Waals surface area contributed by atoms with Gasteiger partial charge < -0.3 is 20.3 Å². The zero-order valence-corrected chi connectivity index (χ0v) is 24.0. The van der Waals surface area contributed by atoms with Crippen molar-refractivity contribution in [2.75, 3.05) is 6.54 Å². The van der Waals surface area contributed by atoms with E-state index >= 15 is 0 Å². The van der Waals surface area contributed by atoms with Gasteiger partial charge in [0.1, 0.15) is 17.4 Å². The number of furan rings is 1. The molecule has 1 aliphatic heterocycles. The Kier molecular flexibility index (Phi) is 8.78. The molecule has 0 saturated carbocycles. The van der Waals surface area contributed by atoms with Crippen molar-refractivity contribution in [2.24, 2.45) is 5.92 Å². The normalized spacial score (nSPS) is 19.2. The van der Waals surface area contributed by atoms with Gasteiger partial charge in [-0.25, -0.2) is 12.8 Å². The summed E-state index contributed by atoms with van der Waals surface area (Å²) in [6.07, 6.45) is 1.73. The predicted octanol–water partition coefficient (Wildman–Crippen LogP) is 2.59. The molecule has 1 saturated heterocycles. The van der Waals surface area contributed by atoms with Gasteiger partial charge in [-0.1, -0.05) is 13.8 Å². The lowest BCUT2D eigenvalue weighted by atomic mass is 10.0. The van der Waals surface area contributed by atoms with Crippen molar-refractivity contribution in [1.29, 1.82) is 0 Å². The highest BCUT2D eigenvalue weighted by atomic mass is 32.2. The molecule has 4 rings (SSSR count). The Bertz CT molecular complexity index is 1590. The zero-order chi connectivity index (χ0) is 30.1. The van der Waals surface area contributed by atoms with Gasteiger partial charge in [0.2, 0.25) is 5.91 Å². The standard InChI is InChI=1S/C28H33FN4O7S/c1-16(2)13-22(31-28(36)26-18(4)20-14-19(29)9-11-24(20)40-26)27(35)30-21-10-8-17(3)33(15-23(21)34)41(38,39)25-7-5-6-12-32(25)37/h5-7,9,11-12,14,16-17,21-22H,8,10,13,15H2,1-4H3,(H,30,35)(H,31,36)/t17-,21+,22+/m1/s1. The van der Waals surface area contributed by atoms with Gasteiger partial charge in [-0.3, -0.25) is 14.4 Å². The minimum absolute atomic E-state index is 0.00735. The number of benzene rings is 1. The minimum atomic E-state index is -4.29. The summed E-state index contributed by atoms with van der Waals surface area (Å²) in [7, 11) is -4.29. The maximum Gasteiger partial charge on any atom is 0.323 e. The summed E-state index contributed by atoms with van der Waals surface area (Å²) < 4.78 is 47.0. The van der Waals surface area contributed by atoms with Gasteiger partial charge in [-0.15, -0.1) is 0 Å². The number of hydrogen-bond donors (Lipinski definition) is 2. The molecule has 13 heteroatoms. The van der Waals surface area contributed by atoms with Crippen molar-refractivity contribution >= 4 is 38.6 Å². The van der Waals surface area contributed by atoms with Crippen LogP contribution in [0.1, 0.15) is 56.2 Å². The molecule has 0 unspecified atom stereocenters. The van der Waals surface area contributed by atoms with E-state index in [9.17, 15) is 32.4 Å². The average Bonchev–Trinajstić information content (AvgIpc) is 3.16. The Balaban J connectivity index is 1.50. The first-order valence-corrected chi connectivity index (χ1v) is 14.8. The highest BCUT2D eigenvalue weighted by Crippen LogP contribution is 2.26. The van der Waals surface area contributed by atoms with Crippen molar-refractivity contribution in [3.05, 3.63) is 64.9 Å². The molecule has 1 fully saturated rings. The van der Waals surface area contributed by atoms with Crippen LogP contribution in [-0.2, 0) is 19.6 Å². The zero-order valence-electron chi connectivity index (χ0n) is 23.2. The van der Waals surface area contributed by atoms with Crippen LogP contribution in [0.5, 0.6) is 0 Å². The van der Waals surface area contributed by atoms with Crippen molar-refractivity contribution in [3.8, 4) is 0 Å². The Hall–Kier alpha value is -3.84. The van der Waals surface area contributed by atoms with E-state index in [1.54, 1.807) is 13.8 Å². The summed E-state index contributed by atoms with van der Waals surface area (Å²) in [6, 6.07) is 5.26. The first-order chi connectivity index (χ1) is 19.3. The summed E-state index contributed by atoms with van der Waals surface area (Å²) in [5.41, 5.74) is 0.752. The number of Topliss-reactive ketones (excluding diaryl/α,β-unsaturated/α-hetero) is 1. The van der Waals surface area contributed by atoms with E-state index in [2.05, 4.69) is 10.6 Å². The molecule has 1 aromatic carbocycles. The van der Waals surface area contributed by atoms with Crippen molar-refractivity contribution < 1.29 is 36.3 Å². The molecule has 41 heavy (non-hydrogen) atoms. The number of amides is 2. The van der Waals surface area contributed by atoms with Crippen molar-refractivity contribution in [1.82, 2.24) is 14.9 Å². The number of carbonyl (C=O) groups is 3. The molecular weight excluding hydrogens is 555 g/mol. The van der Waals surface area contributed by atoms with E-state index in [0.29, 0.717) is 16.5 Å². The summed E-state index contributed by atoms with van der Waals surface area (Å²) >= 11 is 0.